The first-order chi connectivity index (χ1) is 12.4. The Labute approximate surface area is 154 Å². The number of carbonyl (C=O) groups is 1. The number of pyridine rings is 1. The van der Waals surface area contributed by atoms with Gasteiger partial charge in [0.05, 0.1) is 24.5 Å². The van der Waals surface area contributed by atoms with Gasteiger partial charge >= 0.3 is 0 Å². The fourth-order valence-electron chi connectivity index (χ4n) is 3.22. The van der Waals surface area contributed by atoms with Crippen molar-refractivity contribution in [1.82, 2.24) is 19.7 Å². The average molecular weight is 357 g/mol. The highest BCUT2D eigenvalue weighted by Gasteiger charge is 2.26. The molecule has 1 aliphatic rings. The predicted octanol–water partition coefficient (Wildman–Crippen LogP) is 1.72. The second-order valence-corrected chi connectivity index (χ2v) is 6.93. The van der Waals surface area contributed by atoms with Crippen molar-refractivity contribution >= 4 is 11.7 Å². The molecule has 1 atom stereocenters. The van der Waals surface area contributed by atoms with E-state index in [1.54, 1.807) is 4.68 Å². The van der Waals surface area contributed by atoms with Crippen molar-refractivity contribution in [3.63, 3.8) is 0 Å². The summed E-state index contributed by atoms with van der Waals surface area (Å²) in [5.41, 5.74) is 2.99. The molecule has 26 heavy (non-hydrogen) atoms. The quantitative estimate of drug-likeness (QED) is 0.815. The first-order valence-corrected chi connectivity index (χ1v) is 8.97. The van der Waals surface area contributed by atoms with E-state index in [0.29, 0.717) is 26.1 Å². The molecule has 7 heteroatoms. The lowest BCUT2D eigenvalue weighted by molar-refractivity contribution is -0.139. The van der Waals surface area contributed by atoms with Gasteiger partial charge in [0.2, 0.25) is 5.91 Å². The van der Waals surface area contributed by atoms with Gasteiger partial charge in [-0.15, -0.1) is 0 Å². The molecule has 1 amide bonds. The maximum absolute atomic E-state index is 12.7. The highest BCUT2D eigenvalue weighted by Crippen LogP contribution is 2.23. The van der Waals surface area contributed by atoms with E-state index in [2.05, 4.69) is 10.1 Å². The van der Waals surface area contributed by atoms with Gasteiger partial charge in [0.25, 0.3) is 0 Å². The number of hydrogen-bond acceptors (Lipinski definition) is 5. The summed E-state index contributed by atoms with van der Waals surface area (Å²) in [5.74, 6) is 1.05. The van der Waals surface area contributed by atoms with Gasteiger partial charge in [0, 0.05) is 40.3 Å². The highest BCUT2D eigenvalue weighted by atomic mass is 16.5. The summed E-state index contributed by atoms with van der Waals surface area (Å²) in [7, 11) is 5.83. The van der Waals surface area contributed by atoms with Gasteiger partial charge in [0.15, 0.2) is 0 Å². The van der Waals surface area contributed by atoms with Gasteiger partial charge in [-0.3, -0.25) is 9.48 Å². The van der Waals surface area contributed by atoms with Crippen LogP contribution in [0.3, 0.4) is 0 Å². The molecule has 1 fully saturated rings. The van der Waals surface area contributed by atoms with Crippen LogP contribution in [-0.2, 0) is 23.0 Å². The maximum Gasteiger partial charge on any atom is 0.223 e. The fourth-order valence-corrected chi connectivity index (χ4v) is 3.22. The van der Waals surface area contributed by atoms with Crippen molar-refractivity contribution in [1.29, 1.82) is 0 Å². The summed E-state index contributed by atoms with van der Waals surface area (Å²) in [5, 5.41) is 4.34. The Morgan fingerprint density at radius 3 is 2.88 bits per heavy atom. The van der Waals surface area contributed by atoms with E-state index in [1.807, 2.05) is 62.3 Å². The number of hydrogen-bond donors (Lipinski definition) is 0. The number of ether oxygens (including phenoxy) is 1. The zero-order valence-corrected chi connectivity index (χ0v) is 16.0. The van der Waals surface area contributed by atoms with Crippen LogP contribution in [0.4, 0.5) is 5.82 Å². The van der Waals surface area contributed by atoms with Crippen LogP contribution in [0.5, 0.6) is 0 Å². The van der Waals surface area contributed by atoms with E-state index in [4.69, 9.17) is 4.74 Å². The van der Waals surface area contributed by atoms with E-state index >= 15 is 0 Å². The Balaban J connectivity index is 1.61. The van der Waals surface area contributed by atoms with Crippen LogP contribution in [0.2, 0.25) is 0 Å². The van der Waals surface area contributed by atoms with Crippen LogP contribution in [0, 0.1) is 6.92 Å². The van der Waals surface area contributed by atoms with Crippen molar-refractivity contribution in [2.45, 2.75) is 25.9 Å². The van der Waals surface area contributed by atoms with Crippen molar-refractivity contribution in [2.75, 3.05) is 38.7 Å². The molecule has 140 valence electrons. The molecule has 0 radical (unpaired) electrons. The van der Waals surface area contributed by atoms with Gasteiger partial charge in [0.1, 0.15) is 11.9 Å². The van der Waals surface area contributed by atoms with E-state index < -0.39 is 0 Å². The van der Waals surface area contributed by atoms with Crippen LogP contribution in [0.1, 0.15) is 29.5 Å². The van der Waals surface area contributed by atoms with Crippen LogP contribution >= 0.6 is 0 Å². The van der Waals surface area contributed by atoms with Crippen molar-refractivity contribution < 1.29 is 9.53 Å². The number of aryl methyl sites for hydroxylation is 3. The summed E-state index contributed by atoms with van der Waals surface area (Å²) in [6, 6.07) is 5.91. The Kier molecular flexibility index (Phi) is 5.56. The second-order valence-electron chi connectivity index (χ2n) is 6.93. The molecule has 2 aromatic heterocycles. The number of carbonyl (C=O) groups excluding carboxylic acids is 1. The lowest BCUT2D eigenvalue weighted by atomic mass is 10.1. The Morgan fingerprint density at radius 1 is 1.38 bits per heavy atom. The lowest BCUT2D eigenvalue weighted by Gasteiger charge is -2.33. The van der Waals surface area contributed by atoms with E-state index in [9.17, 15) is 4.79 Å². The number of aromatic nitrogens is 3. The molecular weight excluding hydrogens is 330 g/mol. The second kappa shape index (κ2) is 7.86. The van der Waals surface area contributed by atoms with Crippen LogP contribution in [0.15, 0.2) is 24.4 Å². The Bertz CT molecular complexity index is 771. The van der Waals surface area contributed by atoms with Gasteiger partial charge in [-0.25, -0.2) is 4.98 Å². The first-order valence-electron chi connectivity index (χ1n) is 8.97. The summed E-state index contributed by atoms with van der Waals surface area (Å²) < 4.78 is 7.67. The number of morpholine rings is 1. The molecule has 0 unspecified atom stereocenters. The largest absolute Gasteiger partial charge is 0.368 e. The topological polar surface area (TPSA) is 63.5 Å². The monoisotopic (exact) mass is 357 g/mol. The average Bonchev–Trinajstić information content (AvgIpc) is 2.97. The Morgan fingerprint density at radius 2 is 2.19 bits per heavy atom. The van der Waals surface area contributed by atoms with E-state index in [-0.39, 0.29) is 12.0 Å². The minimum absolute atomic E-state index is 0.158. The van der Waals surface area contributed by atoms with Gasteiger partial charge < -0.3 is 14.5 Å². The minimum Gasteiger partial charge on any atom is -0.368 e. The number of rotatable bonds is 5. The molecule has 3 rings (SSSR count). The van der Waals surface area contributed by atoms with Crippen molar-refractivity contribution in [3.05, 3.63) is 41.3 Å². The molecule has 0 bridgehead atoms. The van der Waals surface area contributed by atoms with E-state index in [1.165, 1.54) is 0 Å². The summed E-state index contributed by atoms with van der Waals surface area (Å²) in [4.78, 5) is 21.2. The molecule has 1 aliphatic heterocycles. The third kappa shape index (κ3) is 4.22. The van der Waals surface area contributed by atoms with Crippen molar-refractivity contribution in [2.24, 2.45) is 7.05 Å². The summed E-state index contributed by atoms with van der Waals surface area (Å²) >= 11 is 0. The summed E-state index contributed by atoms with van der Waals surface area (Å²) in [6.45, 7) is 3.70. The number of nitrogens with zero attached hydrogens (tertiary/aromatic N) is 5. The number of amides is 1. The molecule has 3 heterocycles. The maximum atomic E-state index is 12.7. The molecule has 7 nitrogen and oxygen atoms in total. The lowest BCUT2D eigenvalue weighted by Crippen LogP contribution is -2.42. The fraction of sp³-hybridized carbons (Fsp3) is 0.526. The predicted molar refractivity (Wildman–Crippen MR) is 100 cm³/mol. The van der Waals surface area contributed by atoms with Crippen LogP contribution in [0.25, 0.3) is 0 Å². The molecule has 0 aliphatic carbocycles. The van der Waals surface area contributed by atoms with Gasteiger partial charge in [-0.1, -0.05) is 6.07 Å². The molecule has 0 N–H and O–H groups in total. The molecule has 0 aromatic carbocycles. The molecule has 0 saturated carbocycles. The normalized spacial score (nSPS) is 17.4. The first kappa shape index (κ1) is 18.4. The minimum atomic E-state index is -0.173. The Hall–Kier alpha value is -2.41. The summed E-state index contributed by atoms with van der Waals surface area (Å²) in [6.07, 6.45) is 3.02. The zero-order valence-electron chi connectivity index (χ0n) is 16.0. The van der Waals surface area contributed by atoms with Crippen LogP contribution < -0.4 is 4.90 Å². The SMILES string of the molecule is Cc1nn(C)cc1CCC(=O)N1CCO[C@H](c2cccc(N(C)C)n2)C1. The highest BCUT2D eigenvalue weighted by molar-refractivity contribution is 5.76. The smallest absolute Gasteiger partial charge is 0.223 e. The standard InChI is InChI=1S/C19H27N5O2/c1-14-15(12-23(4)21-14)8-9-19(25)24-10-11-26-17(13-24)16-6-5-7-18(20-16)22(2)3/h5-7,12,17H,8-11,13H2,1-4H3/t17-/m0/s1. The van der Waals surface area contributed by atoms with Crippen LogP contribution in [-0.4, -0.2) is 59.4 Å². The third-order valence-corrected chi connectivity index (χ3v) is 4.69. The molecular formula is C19H27N5O2. The third-order valence-electron chi connectivity index (χ3n) is 4.69. The molecule has 2 aromatic rings. The van der Waals surface area contributed by atoms with Gasteiger partial charge in [-0.2, -0.15) is 5.10 Å². The zero-order chi connectivity index (χ0) is 18.7. The van der Waals surface area contributed by atoms with Gasteiger partial charge in [-0.05, 0) is 31.0 Å². The molecule has 0 spiro atoms. The molecule has 1 saturated heterocycles. The van der Waals surface area contributed by atoms with Crippen molar-refractivity contribution in [3.8, 4) is 0 Å². The van der Waals surface area contributed by atoms with E-state index in [0.717, 1.165) is 29.2 Å². The number of anilines is 1.